The van der Waals surface area contributed by atoms with Crippen LogP contribution in [0.25, 0.3) is 0 Å². The molecule has 4 nitrogen and oxygen atoms in total. The SMILES string of the molecule is Cl.Cl.O=C(NC1CCCN(c2cccc(F)c2)C1)C1CCNC1. The third-order valence-electron chi connectivity index (χ3n) is 4.37. The average Bonchev–Trinajstić information content (AvgIpc) is 3.02. The number of nitrogens with one attached hydrogen (secondary N) is 2. The van der Waals surface area contributed by atoms with Gasteiger partial charge in [0.1, 0.15) is 5.82 Å². The van der Waals surface area contributed by atoms with Crippen LogP contribution in [-0.2, 0) is 4.79 Å². The lowest BCUT2D eigenvalue weighted by molar-refractivity contribution is -0.125. The van der Waals surface area contributed by atoms with Gasteiger partial charge in [-0.2, -0.15) is 0 Å². The van der Waals surface area contributed by atoms with Gasteiger partial charge in [-0.05, 0) is 44.0 Å². The van der Waals surface area contributed by atoms with Crippen LogP contribution in [0.2, 0.25) is 0 Å². The lowest BCUT2D eigenvalue weighted by atomic mass is 10.0. The van der Waals surface area contributed by atoms with Gasteiger partial charge in [-0.25, -0.2) is 4.39 Å². The number of carbonyl (C=O) groups is 1. The number of hydrogen-bond donors (Lipinski definition) is 2. The Kier molecular flexibility index (Phi) is 8.09. The van der Waals surface area contributed by atoms with Gasteiger partial charge in [0, 0.05) is 31.4 Å². The minimum Gasteiger partial charge on any atom is -0.369 e. The smallest absolute Gasteiger partial charge is 0.224 e. The first-order valence-electron chi connectivity index (χ1n) is 7.74. The average molecular weight is 364 g/mol. The van der Waals surface area contributed by atoms with Gasteiger partial charge in [-0.15, -0.1) is 24.8 Å². The highest BCUT2D eigenvalue weighted by atomic mass is 35.5. The Balaban J connectivity index is 0.00000132. The molecule has 2 aliphatic rings. The number of rotatable bonds is 3. The summed E-state index contributed by atoms with van der Waals surface area (Å²) in [5.74, 6) is 0.0522. The van der Waals surface area contributed by atoms with E-state index >= 15 is 0 Å². The van der Waals surface area contributed by atoms with Crippen LogP contribution in [0.1, 0.15) is 19.3 Å². The summed E-state index contributed by atoms with van der Waals surface area (Å²) in [4.78, 5) is 14.3. The molecular weight excluding hydrogens is 340 g/mol. The second kappa shape index (κ2) is 9.30. The zero-order valence-corrected chi connectivity index (χ0v) is 14.6. The Hall–Kier alpha value is -1.04. The normalized spacial score (nSPS) is 23.6. The first kappa shape index (κ1) is 20.0. The number of halogens is 3. The summed E-state index contributed by atoms with van der Waals surface area (Å²) in [5, 5.41) is 6.38. The molecule has 2 fully saturated rings. The van der Waals surface area contributed by atoms with Crippen molar-refractivity contribution < 1.29 is 9.18 Å². The Labute approximate surface area is 149 Å². The molecule has 23 heavy (non-hydrogen) atoms. The van der Waals surface area contributed by atoms with Crippen molar-refractivity contribution in [2.45, 2.75) is 25.3 Å². The molecule has 2 saturated heterocycles. The van der Waals surface area contributed by atoms with E-state index in [4.69, 9.17) is 0 Å². The maximum Gasteiger partial charge on any atom is 0.224 e. The Morgan fingerprint density at radius 3 is 2.83 bits per heavy atom. The molecule has 1 aromatic carbocycles. The molecule has 1 amide bonds. The standard InChI is InChI=1S/C16H22FN3O.2ClH/c17-13-3-1-5-15(9-13)20-8-2-4-14(11-20)19-16(21)12-6-7-18-10-12;;/h1,3,5,9,12,14,18H,2,4,6-8,10-11H2,(H,19,21);2*1H. The van der Waals surface area contributed by atoms with E-state index < -0.39 is 0 Å². The maximum absolute atomic E-state index is 13.3. The number of nitrogens with zero attached hydrogens (tertiary/aromatic N) is 1. The predicted molar refractivity (Wildman–Crippen MR) is 95.3 cm³/mol. The Morgan fingerprint density at radius 2 is 2.13 bits per heavy atom. The molecule has 7 heteroatoms. The number of amides is 1. The highest BCUT2D eigenvalue weighted by molar-refractivity contribution is 5.85. The van der Waals surface area contributed by atoms with E-state index in [9.17, 15) is 9.18 Å². The van der Waals surface area contributed by atoms with Crippen molar-refractivity contribution in [3.8, 4) is 0 Å². The summed E-state index contributed by atoms with van der Waals surface area (Å²) in [6.45, 7) is 3.39. The third-order valence-corrected chi connectivity index (χ3v) is 4.37. The van der Waals surface area contributed by atoms with E-state index in [-0.39, 0.29) is 48.5 Å². The molecular formula is C16H24Cl2FN3O. The highest BCUT2D eigenvalue weighted by Crippen LogP contribution is 2.21. The topological polar surface area (TPSA) is 44.4 Å². The predicted octanol–water partition coefficient (Wildman–Crippen LogP) is 2.36. The van der Waals surface area contributed by atoms with Gasteiger partial charge >= 0.3 is 0 Å². The fraction of sp³-hybridized carbons (Fsp3) is 0.562. The maximum atomic E-state index is 13.3. The van der Waals surface area contributed by atoms with Gasteiger partial charge in [0.05, 0.1) is 5.92 Å². The van der Waals surface area contributed by atoms with E-state index in [2.05, 4.69) is 15.5 Å². The molecule has 2 N–H and O–H groups in total. The van der Waals surface area contributed by atoms with Crippen LogP contribution in [0.15, 0.2) is 24.3 Å². The molecule has 130 valence electrons. The second-order valence-corrected chi connectivity index (χ2v) is 5.96. The van der Waals surface area contributed by atoms with Crippen LogP contribution in [0.3, 0.4) is 0 Å². The number of benzene rings is 1. The van der Waals surface area contributed by atoms with Crippen molar-refractivity contribution >= 4 is 36.4 Å². The summed E-state index contributed by atoms with van der Waals surface area (Å²) < 4.78 is 13.3. The minimum atomic E-state index is -0.212. The first-order chi connectivity index (χ1) is 10.2. The fourth-order valence-corrected chi connectivity index (χ4v) is 3.20. The van der Waals surface area contributed by atoms with Crippen LogP contribution >= 0.6 is 24.8 Å². The molecule has 3 rings (SSSR count). The minimum absolute atomic E-state index is 0. The van der Waals surface area contributed by atoms with Gasteiger partial charge in [-0.3, -0.25) is 4.79 Å². The van der Waals surface area contributed by atoms with Crippen molar-refractivity contribution in [3.05, 3.63) is 30.1 Å². The van der Waals surface area contributed by atoms with E-state index in [0.29, 0.717) is 0 Å². The molecule has 0 spiro atoms. The van der Waals surface area contributed by atoms with Gasteiger partial charge in [-0.1, -0.05) is 6.07 Å². The molecule has 0 saturated carbocycles. The number of piperidine rings is 1. The van der Waals surface area contributed by atoms with Crippen LogP contribution in [0.5, 0.6) is 0 Å². The molecule has 2 unspecified atom stereocenters. The highest BCUT2D eigenvalue weighted by Gasteiger charge is 2.27. The summed E-state index contributed by atoms with van der Waals surface area (Å²) in [5.41, 5.74) is 0.900. The second-order valence-electron chi connectivity index (χ2n) is 5.96. The molecule has 2 aliphatic heterocycles. The van der Waals surface area contributed by atoms with Gasteiger partial charge in [0.25, 0.3) is 0 Å². The van der Waals surface area contributed by atoms with Gasteiger partial charge in [0.15, 0.2) is 0 Å². The lowest BCUT2D eigenvalue weighted by Gasteiger charge is -2.35. The van der Waals surface area contributed by atoms with Crippen LogP contribution in [-0.4, -0.2) is 38.1 Å². The quantitative estimate of drug-likeness (QED) is 0.866. The van der Waals surface area contributed by atoms with Crippen molar-refractivity contribution in [3.63, 3.8) is 0 Å². The summed E-state index contributed by atoms with van der Waals surface area (Å²) in [7, 11) is 0. The lowest BCUT2D eigenvalue weighted by Crippen LogP contribution is -2.49. The molecule has 0 bridgehead atoms. The molecule has 1 aromatic rings. The summed E-state index contributed by atoms with van der Waals surface area (Å²) in [6, 6.07) is 6.84. The number of anilines is 1. The molecule has 0 aromatic heterocycles. The van der Waals surface area contributed by atoms with Crippen molar-refractivity contribution in [2.24, 2.45) is 5.92 Å². The first-order valence-corrected chi connectivity index (χ1v) is 7.74. The summed E-state index contributed by atoms with van der Waals surface area (Å²) >= 11 is 0. The number of hydrogen-bond acceptors (Lipinski definition) is 3. The molecule has 0 aliphatic carbocycles. The van der Waals surface area contributed by atoms with E-state index in [1.165, 1.54) is 6.07 Å². The van der Waals surface area contributed by atoms with E-state index in [0.717, 1.165) is 51.1 Å². The van der Waals surface area contributed by atoms with Crippen molar-refractivity contribution in [1.82, 2.24) is 10.6 Å². The molecule has 0 radical (unpaired) electrons. The Bertz CT molecular complexity index is 512. The van der Waals surface area contributed by atoms with E-state index in [1.54, 1.807) is 12.1 Å². The Morgan fingerprint density at radius 1 is 1.30 bits per heavy atom. The van der Waals surface area contributed by atoms with Crippen LogP contribution < -0.4 is 15.5 Å². The van der Waals surface area contributed by atoms with E-state index in [1.807, 2.05) is 6.07 Å². The zero-order valence-electron chi connectivity index (χ0n) is 13.0. The van der Waals surface area contributed by atoms with Crippen LogP contribution in [0.4, 0.5) is 10.1 Å². The molecule has 2 heterocycles. The fourth-order valence-electron chi connectivity index (χ4n) is 3.20. The van der Waals surface area contributed by atoms with Crippen LogP contribution in [0, 0.1) is 11.7 Å². The van der Waals surface area contributed by atoms with Gasteiger partial charge < -0.3 is 15.5 Å². The summed E-state index contributed by atoms with van der Waals surface area (Å²) in [6.07, 6.45) is 2.94. The number of carbonyl (C=O) groups excluding carboxylic acids is 1. The molecule has 2 atom stereocenters. The zero-order chi connectivity index (χ0) is 14.7. The third kappa shape index (κ3) is 5.23. The largest absolute Gasteiger partial charge is 0.369 e. The van der Waals surface area contributed by atoms with Crippen molar-refractivity contribution in [2.75, 3.05) is 31.1 Å². The monoisotopic (exact) mass is 363 g/mol. The van der Waals surface area contributed by atoms with Crippen molar-refractivity contribution in [1.29, 1.82) is 0 Å². The van der Waals surface area contributed by atoms with Gasteiger partial charge in [0.2, 0.25) is 5.91 Å².